The number of hydrogen-bond acceptors (Lipinski definition) is 4. The van der Waals surface area contributed by atoms with E-state index in [0.717, 1.165) is 55.8 Å². The molecule has 2 aliphatic heterocycles. The van der Waals surface area contributed by atoms with Gasteiger partial charge < -0.3 is 15.0 Å². The molecule has 2 amide bonds. The van der Waals surface area contributed by atoms with Crippen LogP contribution in [0.5, 0.6) is 0 Å². The maximum Gasteiger partial charge on any atom is 0.251 e. The second-order valence-electron chi connectivity index (χ2n) is 10.0. The van der Waals surface area contributed by atoms with E-state index >= 15 is 0 Å². The lowest BCUT2D eigenvalue weighted by molar-refractivity contribution is -0.138. The minimum absolute atomic E-state index is 0.0286. The van der Waals surface area contributed by atoms with Crippen LogP contribution in [-0.4, -0.2) is 57.8 Å². The van der Waals surface area contributed by atoms with Crippen molar-refractivity contribution < 1.29 is 14.3 Å². The number of ether oxygens (including phenoxy) is 1. The molecule has 0 bridgehead atoms. The van der Waals surface area contributed by atoms with Gasteiger partial charge in [-0.25, -0.2) is 4.68 Å². The number of nitrogens with one attached hydrogen (secondary N) is 1. The highest BCUT2D eigenvalue weighted by Gasteiger charge is 2.43. The van der Waals surface area contributed by atoms with Crippen molar-refractivity contribution >= 4 is 11.8 Å². The Hall–Kier alpha value is -2.67. The smallest absolute Gasteiger partial charge is 0.251 e. The summed E-state index contributed by atoms with van der Waals surface area (Å²) in [5, 5.41) is 7.52. The molecule has 0 radical (unpaired) electrons. The van der Waals surface area contributed by atoms with Gasteiger partial charge in [0.15, 0.2) is 0 Å². The molecule has 7 heteroatoms. The van der Waals surface area contributed by atoms with Crippen LogP contribution in [0, 0.1) is 19.8 Å². The summed E-state index contributed by atoms with van der Waals surface area (Å²) in [5.41, 5.74) is 3.47. The summed E-state index contributed by atoms with van der Waals surface area (Å²) in [6.45, 7) is 10.2. The monoisotopic (exact) mass is 452 g/mol. The van der Waals surface area contributed by atoms with Crippen molar-refractivity contribution in [3.05, 3.63) is 47.3 Å². The fourth-order valence-corrected chi connectivity index (χ4v) is 5.00. The molecule has 3 heterocycles. The minimum atomic E-state index is -0.134. The Morgan fingerprint density at radius 2 is 1.85 bits per heavy atom. The summed E-state index contributed by atoms with van der Waals surface area (Å²) in [4.78, 5) is 27.0. The zero-order valence-electron chi connectivity index (χ0n) is 20.3. The summed E-state index contributed by atoms with van der Waals surface area (Å²) >= 11 is 0. The van der Waals surface area contributed by atoms with Gasteiger partial charge in [0.2, 0.25) is 5.91 Å². The number of carbonyl (C=O) groups is 2. The Kier molecular flexibility index (Phi) is 6.88. The number of rotatable bonds is 6. The van der Waals surface area contributed by atoms with Crippen LogP contribution < -0.4 is 5.32 Å². The molecular weight excluding hydrogens is 416 g/mol. The summed E-state index contributed by atoms with van der Waals surface area (Å²) < 4.78 is 8.29. The summed E-state index contributed by atoms with van der Waals surface area (Å²) in [7, 11) is 0. The number of carbonyl (C=O) groups excluding carboxylic acids is 2. The van der Waals surface area contributed by atoms with Crippen molar-refractivity contribution in [3.63, 3.8) is 0 Å². The third kappa shape index (κ3) is 5.46. The molecule has 2 saturated heterocycles. The third-order valence-corrected chi connectivity index (χ3v) is 6.82. The van der Waals surface area contributed by atoms with Crippen LogP contribution >= 0.6 is 0 Å². The molecule has 0 saturated carbocycles. The molecule has 4 rings (SSSR count). The SMILES string of the molecule is Cc1cc(C)n(-c2ccc(C(=O)NCC3CCC4(CCN(C(=O)CC(C)C)CC4)O3)cc2)n1. The number of amides is 2. The first-order chi connectivity index (χ1) is 15.7. The molecule has 1 atom stereocenters. The van der Waals surface area contributed by atoms with Crippen molar-refractivity contribution in [2.75, 3.05) is 19.6 Å². The zero-order valence-corrected chi connectivity index (χ0v) is 20.3. The Bertz CT molecular complexity index is 987. The van der Waals surface area contributed by atoms with Gasteiger partial charge in [-0.2, -0.15) is 5.10 Å². The number of aryl methyl sites for hydroxylation is 2. The van der Waals surface area contributed by atoms with E-state index in [9.17, 15) is 9.59 Å². The van der Waals surface area contributed by atoms with Crippen LogP contribution in [-0.2, 0) is 9.53 Å². The van der Waals surface area contributed by atoms with Gasteiger partial charge in [0, 0.05) is 37.3 Å². The van der Waals surface area contributed by atoms with Crippen molar-refractivity contribution in [2.24, 2.45) is 5.92 Å². The van der Waals surface area contributed by atoms with Gasteiger partial charge in [-0.05, 0) is 75.8 Å². The lowest BCUT2D eigenvalue weighted by Gasteiger charge is -2.39. The molecule has 2 aliphatic rings. The Morgan fingerprint density at radius 1 is 1.15 bits per heavy atom. The first kappa shape index (κ1) is 23.5. The van der Waals surface area contributed by atoms with Gasteiger partial charge in [-0.1, -0.05) is 13.8 Å². The number of nitrogens with zero attached hydrogens (tertiary/aromatic N) is 3. The first-order valence-corrected chi connectivity index (χ1v) is 12.1. The second kappa shape index (κ2) is 9.67. The van der Waals surface area contributed by atoms with Gasteiger partial charge in [0.25, 0.3) is 5.91 Å². The molecule has 0 aliphatic carbocycles. The van der Waals surface area contributed by atoms with Gasteiger partial charge in [0.1, 0.15) is 0 Å². The standard InChI is InChI=1S/C26H36N4O3/c1-18(2)15-24(31)29-13-11-26(12-14-29)10-9-23(33-26)17-27-25(32)21-5-7-22(8-6-21)30-20(4)16-19(3)28-30/h5-8,16,18,23H,9-15,17H2,1-4H3,(H,27,32). The second-order valence-corrected chi connectivity index (χ2v) is 10.0. The maximum absolute atomic E-state index is 12.7. The molecule has 2 aromatic rings. The molecule has 178 valence electrons. The lowest BCUT2D eigenvalue weighted by Crippen LogP contribution is -2.47. The summed E-state index contributed by atoms with van der Waals surface area (Å²) in [5.74, 6) is 0.554. The largest absolute Gasteiger partial charge is 0.370 e. The van der Waals surface area contributed by atoms with E-state index in [1.165, 1.54) is 0 Å². The van der Waals surface area contributed by atoms with Crippen molar-refractivity contribution in [1.29, 1.82) is 0 Å². The Balaban J connectivity index is 1.25. The zero-order chi connectivity index (χ0) is 23.6. The molecule has 1 spiro atoms. The van der Waals surface area contributed by atoms with Crippen LogP contribution in [0.3, 0.4) is 0 Å². The maximum atomic E-state index is 12.7. The molecule has 33 heavy (non-hydrogen) atoms. The van der Waals surface area contributed by atoms with Crippen LogP contribution in [0.1, 0.15) is 67.7 Å². The molecule has 1 N–H and O–H groups in total. The molecule has 2 fully saturated rings. The predicted molar refractivity (Wildman–Crippen MR) is 127 cm³/mol. The molecule has 1 aromatic heterocycles. The normalized spacial score (nSPS) is 19.9. The van der Waals surface area contributed by atoms with Gasteiger partial charge in [-0.15, -0.1) is 0 Å². The van der Waals surface area contributed by atoms with Crippen LogP contribution in [0.15, 0.2) is 30.3 Å². The predicted octanol–water partition coefficient (Wildman–Crippen LogP) is 3.81. The first-order valence-electron chi connectivity index (χ1n) is 12.1. The Labute approximate surface area is 196 Å². The molecule has 1 unspecified atom stereocenters. The average molecular weight is 453 g/mol. The van der Waals surface area contributed by atoms with Crippen molar-refractivity contribution in [2.45, 2.75) is 71.5 Å². The number of aromatic nitrogens is 2. The van der Waals surface area contributed by atoms with E-state index in [-0.39, 0.29) is 23.5 Å². The quantitative estimate of drug-likeness (QED) is 0.723. The Morgan fingerprint density at radius 3 is 2.45 bits per heavy atom. The van der Waals surface area contributed by atoms with E-state index in [1.807, 2.05) is 53.8 Å². The van der Waals surface area contributed by atoms with E-state index in [1.54, 1.807) is 0 Å². The van der Waals surface area contributed by atoms with E-state index in [4.69, 9.17) is 4.74 Å². The fourth-order valence-electron chi connectivity index (χ4n) is 5.00. The van der Waals surface area contributed by atoms with Crippen LogP contribution in [0.25, 0.3) is 5.69 Å². The van der Waals surface area contributed by atoms with E-state index in [0.29, 0.717) is 24.4 Å². The van der Waals surface area contributed by atoms with Gasteiger partial charge in [-0.3, -0.25) is 9.59 Å². The van der Waals surface area contributed by atoms with Gasteiger partial charge in [0.05, 0.1) is 23.1 Å². The fraction of sp³-hybridized carbons (Fsp3) is 0.577. The molecule has 1 aromatic carbocycles. The van der Waals surface area contributed by atoms with Crippen LogP contribution in [0.4, 0.5) is 0 Å². The lowest BCUT2D eigenvalue weighted by atomic mass is 9.88. The molecular formula is C26H36N4O3. The summed E-state index contributed by atoms with van der Waals surface area (Å²) in [6, 6.07) is 9.54. The molecule has 7 nitrogen and oxygen atoms in total. The highest BCUT2D eigenvalue weighted by Crippen LogP contribution is 2.39. The number of hydrogen-bond donors (Lipinski definition) is 1. The summed E-state index contributed by atoms with van der Waals surface area (Å²) in [6.07, 6.45) is 4.35. The van der Waals surface area contributed by atoms with Crippen LogP contribution in [0.2, 0.25) is 0 Å². The van der Waals surface area contributed by atoms with E-state index in [2.05, 4.69) is 24.3 Å². The highest BCUT2D eigenvalue weighted by molar-refractivity contribution is 5.94. The van der Waals surface area contributed by atoms with Crippen molar-refractivity contribution in [3.8, 4) is 5.69 Å². The highest BCUT2D eigenvalue weighted by atomic mass is 16.5. The van der Waals surface area contributed by atoms with Gasteiger partial charge >= 0.3 is 0 Å². The van der Waals surface area contributed by atoms with Crippen molar-refractivity contribution in [1.82, 2.24) is 20.0 Å². The number of piperidine rings is 1. The van der Waals surface area contributed by atoms with E-state index < -0.39 is 0 Å². The average Bonchev–Trinajstić information content (AvgIpc) is 3.34. The number of likely N-dealkylation sites (tertiary alicyclic amines) is 1. The minimum Gasteiger partial charge on any atom is -0.370 e. The number of benzene rings is 1. The topological polar surface area (TPSA) is 76.5 Å². The third-order valence-electron chi connectivity index (χ3n) is 6.82.